The Hall–Kier alpha value is -1.87. The second-order valence-corrected chi connectivity index (χ2v) is 4.84. The lowest BCUT2D eigenvalue weighted by molar-refractivity contribution is 0.332. The lowest BCUT2D eigenvalue weighted by Gasteiger charge is -2.19. The summed E-state index contributed by atoms with van der Waals surface area (Å²) in [6, 6.07) is 12.6. The van der Waals surface area contributed by atoms with Crippen molar-refractivity contribution in [3.05, 3.63) is 59.4 Å². The zero-order valence-corrected chi connectivity index (χ0v) is 12.4. The molecule has 1 unspecified atom stereocenters. The van der Waals surface area contributed by atoms with Crippen molar-refractivity contribution < 1.29 is 4.74 Å². The Bertz CT molecular complexity index is 537. The summed E-state index contributed by atoms with van der Waals surface area (Å²) in [5.41, 5.74) is 3.45. The molecule has 106 valence electrons. The largest absolute Gasteiger partial charge is 0.494 e. The van der Waals surface area contributed by atoms with E-state index in [1.54, 1.807) is 0 Å². The van der Waals surface area contributed by atoms with Gasteiger partial charge in [0.25, 0.3) is 0 Å². The summed E-state index contributed by atoms with van der Waals surface area (Å²) in [4.78, 5) is 4.49. The molecule has 2 aromatic rings. The molecular formula is C17H22N2O. The Kier molecular flexibility index (Phi) is 5.13. The van der Waals surface area contributed by atoms with Gasteiger partial charge in [0.15, 0.2) is 0 Å². The molecule has 20 heavy (non-hydrogen) atoms. The number of benzene rings is 1. The van der Waals surface area contributed by atoms with Gasteiger partial charge in [-0.2, -0.15) is 0 Å². The molecule has 0 saturated heterocycles. The second-order valence-electron chi connectivity index (χ2n) is 4.84. The molecule has 1 heterocycles. The van der Waals surface area contributed by atoms with E-state index in [2.05, 4.69) is 35.4 Å². The van der Waals surface area contributed by atoms with Crippen LogP contribution in [0.4, 0.5) is 0 Å². The van der Waals surface area contributed by atoms with Gasteiger partial charge in [-0.15, -0.1) is 0 Å². The zero-order valence-electron chi connectivity index (χ0n) is 12.4. The van der Waals surface area contributed by atoms with Gasteiger partial charge in [0.2, 0.25) is 0 Å². The molecule has 1 aromatic carbocycles. The van der Waals surface area contributed by atoms with E-state index in [-0.39, 0.29) is 6.04 Å². The summed E-state index contributed by atoms with van der Waals surface area (Å²) in [6.07, 6.45) is 2.76. The predicted molar refractivity (Wildman–Crippen MR) is 82.1 cm³/mol. The molecular weight excluding hydrogens is 248 g/mol. The van der Waals surface area contributed by atoms with Crippen LogP contribution in [0.1, 0.15) is 29.8 Å². The molecule has 3 heteroatoms. The first-order valence-corrected chi connectivity index (χ1v) is 7.05. The average molecular weight is 270 g/mol. The van der Waals surface area contributed by atoms with E-state index in [1.807, 2.05) is 38.4 Å². The summed E-state index contributed by atoms with van der Waals surface area (Å²) in [6.45, 7) is 4.74. The highest BCUT2D eigenvalue weighted by atomic mass is 16.5. The number of para-hydroxylation sites is 1. The number of nitrogens with one attached hydrogen (secondary N) is 1. The van der Waals surface area contributed by atoms with Crippen molar-refractivity contribution in [2.45, 2.75) is 26.3 Å². The maximum Gasteiger partial charge on any atom is 0.124 e. The van der Waals surface area contributed by atoms with Gasteiger partial charge in [0, 0.05) is 29.9 Å². The van der Waals surface area contributed by atoms with Gasteiger partial charge < -0.3 is 10.1 Å². The Labute approximate surface area is 121 Å². The normalized spacial score (nSPS) is 12.2. The van der Waals surface area contributed by atoms with Gasteiger partial charge >= 0.3 is 0 Å². The van der Waals surface area contributed by atoms with Crippen molar-refractivity contribution in [2.24, 2.45) is 0 Å². The van der Waals surface area contributed by atoms with E-state index >= 15 is 0 Å². The van der Waals surface area contributed by atoms with Crippen LogP contribution in [-0.4, -0.2) is 18.6 Å². The lowest BCUT2D eigenvalue weighted by atomic mass is 10.0. The quantitative estimate of drug-likeness (QED) is 0.874. The Morgan fingerprint density at radius 2 is 2.00 bits per heavy atom. The third kappa shape index (κ3) is 3.58. The highest BCUT2D eigenvalue weighted by Crippen LogP contribution is 2.27. The molecule has 1 atom stereocenters. The number of likely N-dealkylation sites (N-methyl/N-ethyl adjacent to an activating group) is 1. The summed E-state index contributed by atoms with van der Waals surface area (Å²) in [5.74, 6) is 0.946. The Balaban J connectivity index is 2.21. The predicted octanol–water partition coefficient (Wildman–Crippen LogP) is 3.29. The highest BCUT2D eigenvalue weighted by molar-refractivity contribution is 5.36. The smallest absolute Gasteiger partial charge is 0.124 e. The monoisotopic (exact) mass is 270 g/mol. The summed E-state index contributed by atoms with van der Waals surface area (Å²) in [7, 11) is 1.97. The van der Waals surface area contributed by atoms with Gasteiger partial charge in [-0.3, -0.25) is 4.98 Å². The van der Waals surface area contributed by atoms with Crippen LogP contribution in [0.5, 0.6) is 5.75 Å². The fraction of sp³-hybridized carbons (Fsp3) is 0.353. The minimum Gasteiger partial charge on any atom is -0.494 e. The molecule has 0 aliphatic rings. The van der Waals surface area contributed by atoms with Gasteiger partial charge in [0.05, 0.1) is 6.61 Å². The Morgan fingerprint density at radius 1 is 1.20 bits per heavy atom. The van der Waals surface area contributed by atoms with Gasteiger partial charge in [-0.1, -0.05) is 24.3 Å². The third-order valence-corrected chi connectivity index (χ3v) is 3.33. The maximum absolute atomic E-state index is 5.72. The SMILES string of the molecule is CCOc1ccccc1C(Cc1ccc(C)cn1)NC. The van der Waals surface area contributed by atoms with E-state index in [0.29, 0.717) is 6.61 Å². The van der Waals surface area contributed by atoms with Crippen LogP contribution in [-0.2, 0) is 6.42 Å². The molecule has 0 radical (unpaired) electrons. The van der Waals surface area contributed by atoms with Crippen LogP contribution >= 0.6 is 0 Å². The van der Waals surface area contributed by atoms with E-state index in [0.717, 1.165) is 17.9 Å². The molecule has 0 aliphatic carbocycles. The van der Waals surface area contributed by atoms with E-state index in [4.69, 9.17) is 4.74 Å². The minimum absolute atomic E-state index is 0.202. The van der Waals surface area contributed by atoms with Gasteiger partial charge in [-0.05, 0) is 38.6 Å². The molecule has 0 aliphatic heterocycles. The van der Waals surface area contributed by atoms with Crippen LogP contribution in [0.3, 0.4) is 0 Å². The van der Waals surface area contributed by atoms with Crippen LogP contribution in [0.2, 0.25) is 0 Å². The number of rotatable bonds is 6. The first-order valence-electron chi connectivity index (χ1n) is 7.05. The maximum atomic E-state index is 5.72. The minimum atomic E-state index is 0.202. The van der Waals surface area contributed by atoms with Crippen LogP contribution in [0, 0.1) is 6.92 Å². The molecule has 0 spiro atoms. The lowest BCUT2D eigenvalue weighted by Crippen LogP contribution is -2.20. The number of pyridine rings is 1. The average Bonchev–Trinajstić information content (AvgIpc) is 2.48. The van der Waals surface area contributed by atoms with E-state index in [9.17, 15) is 0 Å². The second kappa shape index (κ2) is 7.06. The van der Waals surface area contributed by atoms with Crippen LogP contribution in [0.15, 0.2) is 42.6 Å². The molecule has 1 N–H and O–H groups in total. The number of hydrogen-bond donors (Lipinski definition) is 1. The molecule has 0 fully saturated rings. The van der Waals surface area contributed by atoms with Crippen LogP contribution in [0.25, 0.3) is 0 Å². The number of hydrogen-bond acceptors (Lipinski definition) is 3. The number of nitrogens with zero attached hydrogens (tertiary/aromatic N) is 1. The first-order chi connectivity index (χ1) is 9.74. The summed E-state index contributed by atoms with van der Waals surface area (Å²) in [5, 5.41) is 3.36. The fourth-order valence-electron chi connectivity index (χ4n) is 2.25. The van der Waals surface area contributed by atoms with Crippen LogP contribution < -0.4 is 10.1 Å². The van der Waals surface area contributed by atoms with Crippen molar-refractivity contribution in [1.29, 1.82) is 0 Å². The highest BCUT2D eigenvalue weighted by Gasteiger charge is 2.15. The molecule has 1 aromatic heterocycles. The van der Waals surface area contributed by atoms with Crippen molar-refractivity contribution in [2.75, 3.05) is 13.7 Å². The molecule has 2 rings (SSSR count). The van der Waals surface area contributed by atoms with Crippen molar-refractivity contribution in [3.63, 3.8) is 0 Å². The first kappa shape index (κ1) is 14.5. The van der Waals surface area contributed by atoms with E-state index < -0.39 is 0 Å². The van der Waals surface area contributed by atoms with Gasteiger partial charge in [0.1, 0.15) is 5.75 Å². The summed E-state index contributed by atoms with van der Waals surface area (Å²) < 4.78 is 5.72. The van der Waals surface area contributed by atoms with Crippen molar-refractivity contribution >= 4 is 0 Å². The number of aromatic nitrogens is 1. The third-order valence-electron chi connectivity index (χ3n) is 3.33. The number of ether oxygens (including phenoxy) is 1. The number of aryl methyl sites for hydroxylation is 1. The molecule has 0 saturated carbocycles. The van der Waals surface area contributed by atoms with Gasteiger partial charge in [-0.25, -0.2) is 0 Å². The van der Waals surface area contributed by atoms with E-state index in [1.165, 1.54) is 11.1 Å². The molecule has 0 bridgehead atoms. The topological polar surface area (TPSA) is 34.1 Å². The van der Waals surface area contributed by atoms with Crippen molar-refractivity contribution in [1.82, 2.24) is 10.3 Å². The standard InChI is InChI=1S/C17H22N2O/c1-4-20-17-8-6-5-7-15(17)16(18-3)11-14-10-9-13(2)12-19-14/h5-10,12,16,18H,4,11H2,1-3H3. The molecule has 3 nitrogen and oxygen atoms in total. The fourth-order valence-corrected chi connectivity index (χ4v) is 2.25. The zero-order chi connectivity index (χ0) is 14.4. The molecule has 0 amide bonds. The summed E-state index contributed by atoms with van der Waals surface area (Å²) >= 11 is 0. The Morgan fingerprint density at radius 3 is 2.65 bits per heavy atom. The van der Waals surface area contributed by atoms with Crippen molar-refractivity contribution in [3.8, 4) is 5.75 Å².